The molecule has 7 heteroatoms. The number of pyridine rings is 1. The van der Waals surface area contributed by atoms with Gasteiger partial charge in [-0.1, -0.05) is 12.5 Å². The van der Waals surface area contributed by atoms with Crippen molar-refractivity contribution in [2.75, 3.05) is 0 Å². The van der Waals surface area contributed by atoms with E-state index in [1.54, 1.807) is 18.2 Å². The van der Waals surface area contributed by atoms with E-state index in [1.807, 2.05) is 13.8 Å². The third kappa shape index (κ3) is 3.90. The highest BCUT2D eigenvalue weighted by Crippen LogP contribution is 2.14. The second kappa shape index (κ2) is 7.42. The largest absolute Gasteiger partial charge is 0.475 e. The normalized spacial score (nSPS) is 14.1. The van der Waals surface area contributed by atoms with Gasteiger partial charge < -0.3 is 14.6 Å². The molecular weight excluding hydrogens is 306 g/mol. The maximum atomic E-state index is 12.3. The summed E-state index contributed by atoms with van der Waals surface area (Å²) in [5.74, 6) is 2.03. The van der Waals surface area contributed by atoms with Crippen LogP contribution in [0.4, 0.5) is 0 Å². The van der Waals surface area contributed by atoms with Crippen LogP contribution < -0.4 is 10.1 Å². The highest BCUT2D eigenvalue weighted by molar-refractivity contribution is 5.92. The van der Waals surface area contributed by atoms with Crippen molar-refractivity contribution in [1.29, 1.82) is 0 Å². The highest BCUT2D eigenvalue weighted by Gasteiger charge is 2.16. The van der Waals surface area contributed by atoms with Gasteiger partial charge in [0, 0.05) is 19.0 Å². The van der Waals surface area contributed by atoms with Crippen LogP contribution in [-0.4, -0.2) is 31.8 Å². The molecule has 0 fully saturated rings. The summed E-state index contributed by atoms with van der Waals surface area (Å²) in [7, 11) is 0. The van der Waals surface area contributed by atoms with Gasteiger partial charge in [-0.25, -0.2) is 4.98 Å². The molecule has 24 heavy (non-hydrogen) atoms. The summed E-state index contributed by atoms with van der Waals surface area (Å²) in [6.45, 7) is 5.11. The Morgan fingerprint density at radius 3 is 3.00 bits per heavy atom. The average Bonchev–Trinajstić information content (AvgIpc) is 2.79. The third-order valence-electron chi connectivity index (χ3n) is 3.91. The van der Waals surface area contributed by atoms with Gasteiger partial charge in [-0.3, -0.25) is 4.79 Å². The van der Waals surface area contributed by atoms with Crippen molar-refractivity contribution in [1.82, 2.24) is 25.1 Å². The van der Waals surface area contributed by atoms with Crippen molar-refractivity contribution in [2.45, 2.75) is 58.7 Å². The predicted octanol–water partition coefficient (Wildman–Crippen LogP) is 2.12. The third-order valence-corrected chi connectivity index (χ3v) is 3.91. The van der Waals surface area contributed by atoms with E-state index in [0.717, 1.165) is 37.5 Å². The first-order chi connectivity index (χ1) is 11.6. The lowest BCUT2D eigenvalue weighted by molar-refractivity contribution is 0.0942. The van der Waals surface area contributed by atoms with E-state index in [0.29, 0.717) is 18.1 Å². The Morgan fingerprint density at radius 1 is 1.29 bits per heavy atom. The molecule has 0 saturated carbocycles. The molecule has 128 valence electrons. The lowest BCUT2D eigenvalue weighted by Gasteiger charge is -2.10. The zero-order valence-electron chi connectivity index (χ0n) is 14.2. The summed E-state index contributed by atoms with van der Waals surface area (Å²) in [6.07, 6.45) is 4.46. The highest BCUT2D eigenvalue weighted by atomic mass is 16.5. The zero-order chi connectivity index (χ0) is 16.9. The Hall–Kier alpha value is -2.44. The van der Waals surface area contributed by atoms with Gasteiger partial charge in [-0.05, 0) is 32.8 Å². The minimum atomic E-state index is -0.241. The fourth-order valence-corrected chi connectivity index (χ4v) is 2.77. The van der Waals surface area contributed by atoms with Crippen LogP contribution in [0.3, 0.4) is 0 Å². The number of aryl methyl sites for hydroxylation is 1. The first-order valence-electron chi connectivity index (χ1n) is 8.46. The summed E-state index contributed by atoms with van der Waals surface area (Å²) >= 11 is 0. The van der Waals surface area contributed by atoms with Crippen LogP contribution in [0.1, 0.15) is 55.2 Å². The van der Waals surface area contributed by atoms with Gasteiger partial charge in [0.05, 0.1) is 12.6 Å². The maximum absolute atomic E-state index is 12.3. The molecule has 0 radical (unpaired) electrons. The number of hydrogen-bond donors (Lipinski definition) is 1. The maximum Gasteiger partial charge on any atom is 0.270 e. The number of carbonyl (C=O) groups excluding carboxylic acids is 1. The van der Waals surface area contributed by atoms with Crippen molar-refractivity contribution in [3.8, 4) is 5.88 Å². The van der Waals surface area contributed by atoms with Crippen molar-refractivity contribution in [3.63, 3.8) is 0 Å². The molecule has 0 bridgehead atoms. The molecule has 1 aliphatic rings. The van der Waals surface area contributed by atoms with Gasteiger partial charge in [0.1, 0.15) is 11.5 Å². The number of nitrogens with one attached hydrogen (secondary N) is 1. The van der Waals surface area contributed by atoms with Crippen molar-refractivity contribution >= 4 is 5.91 Å². The second-order valence-electron chi connectivity index (χ2n) is 6.21. The van der Waals surface area contributed by atoms with E-state index < -0.39 is 0 Å². The molecule has 0 unspecified atom stereocenters. The number of rotatable bonds is 5. The fraction of sp³-hybridized carbons (Fsp3) is 0.529. The van der Waals surface area contributed by atoms with Crippen LogP contribution in [0.2, 0.25) is 0 Å². The molecule has 3 rings (SSSR count). The van der Waals surface area contributed by atoms with Crippen LogP contribution >= 0.6 is 0 Å². The van der Waals surface area contributed by atoms with Crippen LogP contribution in [0.25, 0.3) is 0 Å². The lowest BCUT2D eigenvalue weighted by atomic mass is 10.2. The molecule has 0 saturated heterocycles. The van der Waals surface area contributed by atoms with E-state index in [1.165, 1.54) is 6.42 Å². The number of fused-ring (bicyclic) bond motifs is 1. The number of ether oxygens (including phenoxy) is 1. The van der Waals surface area contributed by atoms with Crippen LogP contribution in [0.5, 0.6) is 5.88 Å². The molecule has 1 amide bonds. The molecule has 0 spiro atoms. The average molecular weight is 329 g/mol. The summed E-state index contributed by atoms with van der Waals surface area (Å²) in [5.41, 5.74) is 0.337. The zero-order valence-corrected chi connectivity index (χ0v) is 14.2. The topological polar surface area (TPSA) is 81.9 Å². The second-order valence-corrected chi connectivity index (χ2v) is 6.21. The van der Waals surface area contributed by atoms with Crippen molar-refractivity contribution in [2.24, 2.45) is 0 Å². The quantitative estimate of drug-likeness (QED) is 0.908. The Kier molecular flexibility index (Phi) is 5.08. The van der Waals surface area contributed by atoms with Crippen LogP contribution in [-0.2, 0) is 19.5 Å². The van der Waals surface area contributed by atoms with E-state index >= 15 is 0 Å². The Balaban J connectivity index is 1.65. The predicted molar refractivity (Wildman–Crippen MR) is 88.7 cm³/mol. The number of nitrogens with zero attached hydrogens (tertiary/aromatic N) is 4. The fourth-order valence-electron chi connectivity index (χ4n) is 2.77. The lowest BCUT2D eigenvalue weighted by Crippen LogP contribution is -2.26. The standard InChI is InChI=1S/C17H23N5O2/c1-12(2)24-16-9-6-7-13(19-16)17(23)18-11-15-21-20-14-8-4-3-5-10-22(14)15/h6-7,9,12H,3-5,8,10-11H2,1-2H3,(H,18,23). The minimum Gasteiger partial charge on any atom is -0.475 e. The molecule has 2 aromatic heterocycles. The van der Waals surface area contributed by atoms with Gasteiger partial charge >= 0.3 is 0 Å². The van der Waals surface area contributed by atoms with Gasteiger partial charge in [0.15, 0.2) is 5.82 Å². The molecule has 2 aromatic rings. The Morgan fingerprint density at radius 2 is 2.17 bits per heavy atom. The van der Waals surface area contributed by atoms with Crippen LogP contribution in [0, 0.1) is 0 Å². The summed E-state index contributed by atoms with van der Waals surface area (Å²) < 4.78 is 7.65. The first-order valence-corrected chi connectivity index (χ1v) is 8.46. The van der Waals surface area contributed by atoms with E-state index in [4.69, 9.17) is 4.74 Å². The molecule has 0 aromatic carbocycles. The van der Waals surface area contributed by atoms with E-state index in [9.17, 15) is 4.79 Å². The van der Waals surface area contributed by atoms with Crippen molar-refractivity contribution in [3.05, 3.63) is 35.5 Å². The first kappa shape index (κ1) is 16.4. The number of carbonyl (C=O) groups is 1. The van der Waals surface area contributed by atoms with Gasteiger partial charge in [-0.15, -0.1) is 10.2 Å². The van der Waals surface area contributed by atoms with E-state index in [-0.39, 0.29) is 12.0 Å². The summed E-state index contributed by atoms with van der Waals surface area (Å²) in [6, 6.07) is 5.19. The Bertz CT molecular complexity index is 711. The summed E-state index contributed by atoms with van der Waals surface area (Å²) in [4.78, 5) is 16.6. The molecule has 3 heterocycles. The SMILES string of the molecule is CC(C)Oc1cccc(C(=O)NCc2nnc3n2CCCCC3)n1. The van der Waals surface area contributed by atoms with Crippen LogP contribution in [0.15, 0.2) is 18.2 Å². The minimum absolute atomic E-state index is 0.0160. The van der Waals surface area contributed by atoms with Crippen molar-refractivity contribution < 1.29 is 9.53 Å². The Labute approximate surface area is 141 Å². The summed E-state index contributed by atoms with van der Waals surface area (Å²) in [5, 5.41) is 11.3. The molecule has 7 nitrogen and oxygen atoms in total. The molecular formula is C17H23N5O2. The molecule has 1 N–H and O–H groups in total. The molecule has 0 aliphatic carbocycles. The molecule has 0 atom stereocenters. The smallest absolute Gasteiger partial charge is 0.270 e. The van der Waals surface area contributed by atoms with Gasteiger partial charge in [0.25, 0.3) is 5.91 Å². The number of hydrogen-bond acceptors (Lipinski definition) is 5. The molecule has 1 aliphatic heterocycles. The van der Waals surface area contributed by atoms with Gasteiger partial charge in [0.2, 0.25) is 5.88 Å². The van der Waals surface area contributed by atoms with E-state index in [2.05, 4.69) is 25.1 Å². The van der Waals surface area contributed by atoms with Gasteiger partial charge in [-0.2, -0.15) is 0 Å². The number of amides is 1. The monoisotopic (exact) mass is 329 g/mol. The number of aromatic nitrogens is 4.